The lowest BCUT2D eigenvalue weighted by atomic mass is 9.83. The summed E-state index contributed by atoms with van der Waals surface area (Å²) in [5.74, 6) is -0.329. The van der Waals surface area contributed by atoms with Crippen molar-refractivity contribution in [1.82, 2.24) is 19.7 Å². The van der Waals surface area contributed by atoms with Gasteiger partial charge in [0.15, 0.2) is 11.5 Å². The molecule has 10 nitrogen and oxygen atoms in total. The monoisotopic (exact) mass is 592 g/mol. The van der Waals surface area contributed by atoms with Gasteiger partial charge in [0, 0.05) is 18.2 Å². The van der Waals surface area contributed by atoms with Crippen LogP contribution >= 0.6 is 11.3 Å². The summed E-state index contributed by atoms with van der Waals surface area (Å²) in [6.45, 7) is 1.99. The number of rotatable bonds is 7. The van der Waals surface area contributed by atoms with Crippen LogP contribution in [0.15, 0.2) is 60.8 Å². The number of anilines is 1. The predicted molar refractivity (Wildman–Crippen MR) is 155 cm³/mol. The Hall–Kier alpha value is -4.62. The van der Waals surface area contributed by atoms with Gasteiger partial charge < -0.3 is 10.4 Å². The zero-order valence-corrected chi connectivity index (χ0v) is 23.3. The number of aliphatic hydroxyl groups is 1. The minimum absolute atomic E-state index is 0.0932. The molecule has 0 bridgehead atoms. The van der Waals surface area contributed by atoms with Crippen LogP contribution < -0.4 is 5.32 Å². The lowest BCUT2D eigenvalue weighted by Gasteiger charge is -2.23. The van der Waals surface area contributed by atoms with Gasteiger partial charge in [-0.05, 0) is 67.3 Å². The summed E-state index contributed by atoms with van der Waals surface area (Å²) in [7, 11) is 0. The Morgan fingerprint density at radius 3 is 2.60 bits per heavy atom. The number of amides is 1. The zero-order chi connectivity index (χ0) is 29.8. The van der Waals surface area contributed by atoms with Crippen LogP contribution in [0.4, 0.5) is 19.6 Å². The number of aryl methyl sites for hydroxylation is 1. The van der Waals surface area contributed by atoms with Crippen molar-refractivity contribution in [3.05, 3.63) is 93.0 Å². The van der Waals surface area contributed by atoms with Gasteiger partial charge in [-0.1, -0.05) is 36.7 Å². The van der Waals surface area contributed by atoms with Crippen molar-refractivity contribution in [2.45, 2.75) is 32.6 Å². The fourth-order valence-electron chi connectivity index (χ4n) is 4.39. The second-order valence-electron chi connectivity index (χ2n) is 9.79. The zero-order valence-electron chi connectivity index (χ0n) is 22.5. The summed E-state index contributed by atoms with van der Waals surface area (Å²) >= 11 is 0.723. The molecule has 1 amide bonds. The molecule has 0 radical (unpaired) electrons. The lowest BCUT2D eigenvalue weighted by molar-refractivity contribution is -0.380. The summed E-state index contributed by atoms with van der Waals surface area (Å²) in [6.07, 6.45) is 6.58. The van der Waals surface area contributed by atoms with E-state index < -0.39 is 22.5 Å². The maximum atomic E-state index is 13.9. The molecule has 13 heteroatoms. The number of fused-ring (bicyclic) bond motifs is 1. The second-order valence-corrected chi connectivity index (χ2v) is 10.9. The fourth-order valence-corrected chi connectivity index (χ4v) is 5.11. The van der Waals surface area contributed by atoms with Crippen LogP contribution in [-0.2, 0) is 0 Å². The first kappa shape index (κ1) is 28.9. The van der Waals surface area contributed by atoms with Gasteiger partial charge in [-0.3, -0.25) is 14.9 Å². The number of aromatic nitrogens is 4. The van der Waals surface area contributed by atoms with Crippen molar-refractivity contribution >= 4 is 39.1 Å². The Balaban J connectivity index is 0.000000442. The minimum Gasteiger partial charge on any atom is -0.396 e. The molecule has 6 rings (SSSR count). The molecular formula is C29H26F2N6O4S. The van der Waals surface area contributed by atoms with Crippen LogP contribution in [0.2, 0.25) is 0 Å². The number of nitro groups is 1. The molecule has 0 saturated heterocycles. The first-order valence-corrected chi connectivity index (χ1v) is 14.0. The fraction of sp³-hybridized carbons (Fsp3) is 0.241. The number of nitrogens with one attached hydrogen (secondary N) is 1. The number of hydrogen-bond donors (Lipinski definition) is 2. The topological polar surface area (TPSA) is 136 Å². The highest BCUT2D eigenvalue weighted by molar-refractivity contribution is 7.17. The van der Waals surface area contributed by atoms with E-state index in [9.17, 15) is 23.7 Å². The van der Waals surface area contributed by atoms with Gasteiger partial charge in [0.2, 0.25) is 0 Å². The molecule has 0 spiro atoms. The van der Waals surface area contributed by atoms with Crippen LogP contribution in [-0.4, -0.2) is 42.3 Å². The summed E-state index contributed by atoms with van der Waals surface area (Å²) < 4.78 is 29.1. The van der Waals surface area contributed by atoms with Crippen molar-refractivity contribution in [2.75, 3.05) is 11.9 Å². The second kappa shape index (κ2) is 12.5. The van der Waals surface area contributed by atoms with Crippen LogP contribution in [0.3, 0.4) is 0 Å². The van der Waals surface area contributed by atoms with E-state index in [-0.39, 0.29) is 27.2 Å². The molecular weight excluding hydrogens is 566 g/mol. The third-order valence-electron chi connectivity index (χ3n) is 6.89. The standard InChI is InChI=1S/C23H14F2N6O3S.C6H12O/c1-12-9-13(5-6-17(12)25)20-27-21(29-23(32)18-7-8-19(35-18)31(33)34)16-11-26-30(22(16)28-20)15-4-2-3-14(24)10-15;7-5-4-6-2-1-3-6/h2-11H,1H3,(H,27,28,29,32);6-7H,1-5H2. The van der Waals surface area contributed by atoms with E-state index in [0.717, 1.165) is 23.7 Å². The van der Waals surface area contributed by atoms with Crippen LogP contribution in [0.5, 0.6) is 0 Å². The third-order valence-corrected chi connectivity index (χ3v) is 7.92. The molecule has 3 heterocycles. The highest BCUT2D eigenvalue weighted by Crippen LogP contribution is 2.30. The van der Waals surface area contributed by atoms with E-state index in [1.54, 1.807) is 19.1 Å². The van der Waals surface area contributed by atoms with Crippen molar-refractivity contribution in [2.24, 2.45) is 5.92 Å². The van der Waals surface area contributed by atoms with E-state index in [1.165, 1.54) is 72.6 Å². The SMILES string of the molecule is Cc1cc(-c2nc(NC(=O)c3ccc([N+](=O)[O-])s3)c3cnn(-c4cccc(F)c4)c3n2)ccc1F.OCCC1CCC1. The minimum atomic E-state index is -0.608. The van der Waals surface area contributed by atoms with Crippen molar-refractivity contribution < 1.29 is 23.6 Å². The number of halogens is 2. The smallest absolute Gasteiger partial charge is 0.324 e. The Morgan fingerprint density at radius 2 is 1.98 bits per heavy atom. The van der Waals surface area contributed by atoms with Gasteiger partial charge in [0.05, 0.1) is 27.1 Å². The average Bonchev–Trinajstić information content (AvgIpc) is 3.61. The molecule has 1 fully saturated rings. The number of carbonyl (C=O) groups excluding carboxylic acids is 1. The predicted octanol–water partition coefficient (Wildman–Crippen LogP) is 6.46. The molecule has 1 saturated carbocycles. The largest absolute Gasteiger partial charge is 0.396 e. The molecule has 1 aliphatic carbocycles. The highest BCUT2D eigenvalue weighted by Gasteiger charge is 2.21. The number of thiophene rings is 1. The summed E-state index contributed by atoms with van der Waals surface area (Å²) in [6, 6.07) is 12.7. The summed E-state index contributed by atoms with van der Waals surface area (Å²) in [5.41, 5.74) is 1.53. The number of carbonyl (C=O) groups is 1. The number of aliphatic hydroxyl groups excluding tert-OH is 1. The van der Waals surface area contributed by atoms with Crippen LogP contribution in [0.1, 0.15) is 40.9 Å². The average molecular weight is 593 g/mol. The Morgan fingerprint density at radius 1 is 1.17 bits per heavy atom. The van der Waals surface area contributed by atoms with Gasteiger partial charge in [0.25, 0.3) is 5.91 Å². The lowest BCUT2D eigenvalue weighted by Crippen LogP contribution is -2.12. The highest BCUT2D eigenvalue weighted by atomic mass is 32.1. The van der Waals surface area contributed by atoms with Crippen molar-refractivity contribution in [3.63, 3.8) is 0 Å². The van der Waals surface area contributed by atoms with Crippen LogP contribution in [0, 0.1) is 34.6 Å². The van der Waals surface area contributed by atoms with E-state index in [4.69, 9.17) is 5.11 Å². The molecule has 3 aromatic heterocycles. The molecule has 42 heavy (non-hydrogen) atoms. The van der Waals surface area contributed by atoms with Crippen LogP contribution in [0.25, 0.3) is 28.1 Å². The maximum Gasteiger partial charge on any atom is 0.324 e. The number of benzene rings is 2. The van der Waals surface area contributed by atoms with E-state index in [2.05, 4.69) is 20.4 Å². The van der Waals surface area contributed by atoms with E-state index >= 15 is 0 Å². The molecule has 5 aromatic rings. The van der Waals surface area contributed by atoms with Gasteiger partial charge in [0.1, 0.15) is 17.5 Å². The van der Waals surface area contributed by atoms with E-state index in [0.29, 0.717) is 28.8 Å². The number of hydrogen-bond acceptors (Lipinski definition) is 8. The molecule has 216 valence electrons. The van der Waals surface area contributed by atoms with E-state index in [1.807, 2.05) is 0 Å². The quantitative estimate of drug-likeness (QED) is 0.163. The summed E-state index contributed by atoms with van der Waals surface area (Å²) in [4.78, 5) is 32.4. The van der Waals surface area contributed by atoms with Gasteiger partial charge in [-0.15, -0.1) is 0 Å². The Kier molecular flexibility index (Phi) is 8.59. The molecule has 0 aliphatic heterocycles. The maximum absolute atomic E-state index is 13.9. The first-order valence-electron chi connectivity index (χ1n) is 13.2. The van der Waals surface area contributed by atoms with Gasteiger partial charge in [-0.2, -0.15) is 5.10 Å². The molecule has 0 unspecified atom stereocenters. The van der Waals surface area contributed by atoms with Gasteiger partial charge in [-0.25, -0.2) is 23.4 Å². The first-order chi connectivity index (χ1) is 20.2. The number of nitrogens with zero attached hydrogens (tertiary/aromatic N) is 5. The normalized spacial score (nSPS) is 12.9. The molecule has 1 aliphatic rings. The molecule has 0 atom stereocenters. The van der Waals surface area contributed by atoms with Crippen molar-refractivity contribution in [1.29, 1.82) is 0 Å². The third kappa shape index (κ3) is 6.31. The molecule has 2 aromatic carbocycles. The van der Waals surface area contributed by atoms with Gasteiger partial charge >= 0.3 is 5.00 Å². The molecule has 2 N–H and O–H groups in total. The Labute approximate surface area is 242 Å². The summed E-state index contributed by atoms with van der Waals surface area (Å²) in [5, 5.41) is 26.5. The van der Waals surface area contributed by atoms with Crippen molar-refractivity contribution in [3.8, 4) is 17.1 Å². The Bertz CT molecular complexity index is 1770.